The van der Waals surface area contributed by atoms with Gasteiger partial charge in [-0.25, -0.2) is 4.98 Å². The van der Waals surface area contributed by atoms with Crippen LogP contribution in [0.4, 0.5) is 0 Å². The van der Waals surface area contributed by atoms with E-state index in [2.05, 4.69) is 30.0 Å². The smallest absolute Gasteiger partial charge is 0.119 e. The zero-order valence-corrected chi connectivity index (χ0v) is 11.5. The molecule has 100 valence electrons. The van der Waals surface area contributed by atoms with Gasteiger partial charge in [-0.05, 0) is 36.6 Å². The molecule has 1 aromatic heterocycles. The van der Waals surface area contributed by atoms with E-state index in [9.17, 15) is 0 Å². The third-order valence-electron chi connectivity index (χ3n) is 2.82. The van der Waals surface area contributed by atoms with Crippen LogP contribution in [0.25, 0.3) is 5.69 Å². The van der Waals surface area contributed by atoms with Gasteiger partial charge in [-0.1, -0.05) is 26.5 Å². The molecule has 0 N–H and O–H groups in total. The molecular formula is C16H20N2O. The van der Waals surface area contributed by atoms with Crippen LogP contribution < -0.4 is 4.74 Å². The molecule has 0 unspecified atom stereocenters. The molecule has 2 aromatic rings. The summed E-state index contributed by atoms with van der Waals surface area (Å²) in [6, 6.07) is 8.03. The molecule has 0 saturated heterocycles. The van der Waals surface area contributed by atoms with Gasteiger partial charge in [0, 0.05) is 17.6 Å². The van der Waals surface area contributed by atoms with Gasteiger partial charge >= 0.3 is 0 Å². The van der Waals surface area contributed by atoms with Crippen molar-refractivity contribution in [3.8, 4) is 11.4 Å². The van der Waals surface area contributed by atoms with Crippen LogP contribution in [0.3, 0.4) is 0 Å². The van der Waals surface area contributed by atoms with Crippen molar-refractivity contribution in [3.63, 3.8) is 0 Å². The van der Waals surface area contributed by atoms with Crippen LogP contribution in [0.2, 0.25) is 0 Å². The van der Waals surface area contributed by atoms with Crippen LogP contribution in [0.5, 0.6) is 5.75 Å². The van der Waals surface area contributed by atoms with Gasteiger partial charge in [0.05, 0.1) is 6.33 Å². The second kappa shape index (κ2) is 6.23. The van der Waals surface area contributed by atoms with E-state index in [1.807, 2.05) is 36.8 Å². The lowest BCUT2D eigenvalue weighted by Crippen LogP contribution is -2.03. The Kier molecular flexibility index (Phi) is 4.39. The van der Waals surface area contributed by atoms with Gasteiger partial charge in [-0.2, -0.15) is 0 Å². The summed E-state index contributed by atoms with van der Waals surface area (Å²) in [5.74, 6) is 1.47. The Morgan fingerprint density at radius 1 is 1.32 bits per heavy atom. The van der Waals surface area contributed by atoms with Crippen molar-refractivity contribution >= 4 is 0 Å². The van der Waals surface area contributed by atoms with Gasteiger partial charge in [-0.15, -0.1) is 0 Å². The van der Waals surface area contributed by atoms with E-state index in [0.29, 0.717) is 12.5 Å². The van der Waals surface area contributed by atoms with Crippen molar-refractivity contribution in [1.82, 2.24) is 9.55 Å². The highest BCUT2D eigenvalue weighted by molar-refractivity contribution is 5.38. The van der Waals surface area contributed by atoms with Crippen molar-refractivity contribution in [1.29, 1.82) is 0 Å². The quantitative estimate of drug-likeness (QED) is 0.738. The fraction of sp³-hybridized carbons (Fsp3) is 0.312. The number of benzene rings is 1. The molecule has 1 heterocycles. The number of nitrogens with zero attached hydrogens (tertiary/aromatic N) is 2. The highest BCUT2D eigenvalue weighted by Gasteiger charge is 2.06. The molecule has 0 bridgehead atoms. The first-order valence-electron chi connectivity index (χ1n) is 6.56. The first kappa shape index (κ1) is 13.4. The zero-order chi connectivity index (χ0) is 13.7. The van der Waals surface area contributed by atoms with Gasteiger partial charge in [0.25, 0.3) is 0 Å². The monoisotopic (exact) mass is 256 g/mol. The molecule has 0 aliphatic heterocycles. The van der Waals surface area contributed by atoms with E-state index >= 15 is 0 Å². The molecule has 1 aromatic carbocycles. The summed E-state index contributed by atoms with van der Waals surface area (Å²) in [5, 5.41) is 0. The third-order valence-corrected chi connectivity index (χ3v) is 2.82. The van der Waals surface area contributed by atoms with Crippen LogP contribution in [-0.2, 0) is 6.42 Å². The molecule has 0 aliphatic rings. The maximum absolute atomic E-state index is 5.48. The molecule has 2 rings (SSSR count). The van der Waals surface area contributed by atoms with Gasteiger partial charge in [0.1, 0.15) is 12.4 Å². The molecule has 0 saturated carbocycles. The molecule has 0 radical (unpaired) electrons. The van der Waals surface area contributed by atoms with Gasteiger partial charge < -0.3 is 9.30 Å². The van der Waals surface area contributed by atoms with Crippen LogP contribution in [-0.4, -0.2) is 16.2 Å². The first-order valence-corrected chi connectivity index (χ1v) is 6.56. The molecular weight excluding hydrogens is 236 g/mol. The number of rotatable bonds is 6. The van der Waals surface area contributed by atoms with E-state index in [0.717, 1.165) is 17.9 Å². The average molecular weight is 256 g/mol. The molecule has 19 heavy (non-hydrogen) atoms. The highest BCUT2D eigenvalue weighted by Crippen LogP contribution is 2.18. The molecule has 3 heteroatoms. The summed E-state index contributed by atoms with van der Waals surface area (Å²) in [6.45, 7) is 8.59. The lowest BCUT2D eigenvalue weighted by atomic mass is 10.1. The van der Waals surface area contributed by atoms with Crippen LogP contribution in [0.1, 0.15) is 19.5 Å². The van der Waals surface area contributed by atoms with E-state index in [1.165, 1.54) is 5.69 Å². The van der Waals surface area contributed by atoms with Crippen molar-refractivity contribution < 1.29 is 4.74 Å². The predicted octanol–water partition coefficient (Wildman–Crippen LogP) is 3.64. The zero-order valence-electron chi connectivity index (χ0n) is 11.5. The Morgan fingerprint density at radius 2 is 2.05 bits per heavy atom. The maximum atomic E-state index is 5.48. The Morgan fingerprint density at radius 3 is 2.68 bits per heavy atom. The standard InChI is InChI=1S/C16H20N2O/c1-4-9-19-16-7-5-14(6-8-16)18-12-17-11-15(18)10-13(2)3/h4-8,11-13H,1,9-10H2,2-3H3. The fourth-order valence-corrected chi connectivity index (χ4v) is 1.98. The molecule has 0 spiro atoms. The molecule has 0 atom stereocenters. The summed E-state index contributed by atoms with van der Waals surface area (Å²) in [6.07, 6.45) is 6.55. The van der Waals surface area contributed by atoms with Gasteiger partial charge in [0.2, 0.25) is 0 Å². The SMILES string of the molecule is C=CCOc1ccc(-n2cncc2CC(C)C)cc1. The second-order valence-corrected chi connectivity index (χ2v) is 4.95. The fourth-order valence-electron chi connectivity index (χ4n) is 1.98. The van der Waals surface area contributed by atoms with E-state index in [4.69, 9.17) is 4.74 Å². The third kappa shape index (κ3) is 3.47. The topological polar surface area (TPSA) is 27.1 Å². The highest BCUT2D eigenvalue weighted by atomic mass is 16.5. The number of aromatic nitrogens is 2. The number of imidazole rings is 1. The summed E-state index contributed by atoms with van der Waals surface area (Å²) in [7, 11) is 0. The Hall–Kier alpha value is -2.03. The minimum absolute atomic E-state index is 0.531. The van der Waals surface area contributed by atoms with Crippen LogP contribution in [0.15, 0.2) is 49.4 Å². The average Bonchev–Trinajstić information content (AvgIpc) is 2.84. The summed E-state index contributed by atoms with van der Waals surface area (Å²) < 4.78 is 7.60. The number of hydrogen-bond donors (Lipinski definition) is 0. The van der Waals surface area contributed by atoms with Crippen LogP contribution >= 0.6 is 0 Å². The van der Waals surface area contributed by atoms with Gasteiger partial charge in [0.15, 0.2) is 0 Å². The van der Waals surface area contributed by atoms with Crippen molar-refractivity contribution in [2.75, 3.05) is 6.61 Å². The lowest BCUT2D eigenvalue weighted by molar-refractivity contribution is 0.363. The summed E-state index contributed by atoms with van der Waals surface area (Å²) in [5.41, 5.74) is 2.34. The summed E-state index contributed by atoms with van der Waals surface area (Å²) >= 11 is 0. The van der Waals surface area contributed by atoms with E-state index < -0.39 is 0 Å². The Balaban J connectivity index is 2.17. The second-order valence-electron chi connectivity index (χ2n) is 4.95. The molecule has 0 fully saturated rings. The van der Waals surface area contributed by atoms with Crippen molar-refractivity contribution in [2.24, 2.45) is 5.92 Å². The van der Waals surface area contributed by atoms with E-state index in [-0.39, 0.29) is 0 Å². The van der Waals surface area contributed by atoms with Gasteiger partial charge in [-0.3, -0.25) is 0 Å². The minimum Gasteiger partial charge on any atom is -0.490 e. The number of hydrogen-bond acceptors (Lipinski definition) is 2. The Bertz CT molecular complexity index is 526. The Labute approximate surface area is 114 Å². The lowest BCUT2D eigenvalue weighted by Gasteiger charge is -2.11. The minimum atomic E-state index is 0.531. The first-order chi connectivity index (χ1) is 9.20. The molecule has 0 aliphatic carbocycles. The van der Waals surface area contributed by atoms with E-state index in [1.54, 1.807) is 6.08 Å². The van der Waals surface area contributed by atoms with Crippen molar-refractivity contribution in [3.05, 3.63) is 55.1 Å². The normalized spacial score (nSPS) is 10.7. The predicted molar refractivity (Wildman–Crippen MR) is 77.8 cm³/mol. The number of ether oxygens (including phenoxy) is 1. The van der Waals surface area contributed by atoms with Crippen molar-refractivity contribution in [2.45, 2.75) is 20.3 Å². The van der Waals surface area contributed by atoms with Crippen LogP contribution in [0, 0.1) is 5.92 Å². The molecule has 3 nitrogen and oxygen atoms in total. The largest absolute Gasteiger partial charge is 0.490 e. The maximum Gasteiger partial charge on any atom is 0.119 e. The summed E-state index contributed by atoms with van der Waals surface area (Å²) in [4.78, 5) is 4.24. The molecule has 0 amide bonds.